The molecule has 12 heteroatoms. The van der Waals surface area contributed by atoms with Gasteiger partial charge in [0.25, 0.3) is 0 Å². The molecule has 10 nitrogen and oxygen atoms in total. The van der Waals surface area contributed by atoms with Crippen molar-refractivity contribution in [3.05, 3.63) is 67.5 Å². The first-order chi connectivity index (χ1) is 11.8. The SMILES string of the molecule is C=CCOc1cc(Cl)cnc1[N+](=O)[O-].O=[N+]([O-])c1ncc(Cl)cc1O. The Morgan fingerprint density at radius 2 is 1.64 bits per heavy atom. The third kappa shape index (κ3) is 6.20. The third-order valence-corrected chi connectivity index (χ3v) is 2.73. The van der Waals surface area contributed by atoms with Crippen molar-refractivity contribution in [3.8, 4) is 11.5 Å². The highest BCUT2D eigenvalue weighted by Crippen LogP contribution is 2.27. The molecule has 0 aliphatic heterocycles. The van der Waals surface area contributed by atoms with Crippen molar-refractivity contribution in [1.82, 2.24) is 9.97 Å². The van der Waals surface area contributed by atoms with Gasteiger partial charge in [-0.15, -0.1) is 0 Å². The minimum Gasteiger partial charge on any atom is -0.501 e. The monoisotopic (exact) mass is 388 g/mol. The van der Waals surface area contributed by atoms with E-state index in [1.165, 1.54) is 18.3 Å². The molecule has 0 amide bonds. The number of rotatable bonds is 5. The van der Waals surface area contributed by atoms with Gasteiger partial charge in [-0.2, -0.15) is 0 Å². The summed E-state index contributed by atoms with van der Waals surface area (Å²) in [5.41, 5.74) is 0. The Bertz CT molecular complexity index is 802. The fourth-order valence-corrected chi connectivity index (χ4v) is 1.67. The fraction of sp³-hybridized carbons (Fsp3) is 0.0769. The molecule has 0 saturated carbocycles. The zero-order valence-electron chi connectivity index (χ0n) is 12.3. The van der Waals surface area contributed by atoms with E-state index in [4.69, 9.17) is 33.0 Å². The number of aromatic nitrogens is 2. The van der Waals surface area contributed by atoms with Crippen LogP contribution < -0.4 is 4.74 Å². The number of hydrogen-bond donors (Lipinski definition) is 1. The van der Waals surface area contributed by atoms with Crippen LogP contribution in [0.2, 0.25) is 10.0 Å². The van der Waals surface area contributed by atoms with E-state index < -0.39 is 21.4 Å². The largest absolute Gasteiger partial charge is 0.501 e. The van der Waals surface area contributed by atoms with Gasteiger partial charge in [0.1, 0.15) is 6.61 Å². The summed E-state index contributed by atoms with van der Waals surface area (Å²) in [5, 5.41) is 29.9. The minimum absolute atomic E-state index is 0.0439. The van der Waals surface area contributed by atoms with Crippen LogP contribution >= 0.6 is 23.2 Å². The summed E-state index contributed by atoms with van der Waals surface area (Å²) >= 11 is 11.0. The lowest BCUT2D eigenvalue weighted by Gasteiger charge is -2.02. The number of halogens is 2. The van der Waals surface area contributed by atoms with Gasteiger partial charge in [-0.25, -0.2) is 0 Å². The number of ether oxygens (including phenoxy) is 1. The van der Waals surface area contributed by atoms with Gasteiger partial charge in [0.15, 0.2) is 12.4 Å². The zero-order valence-corrected chi connectivity index (χ0v) is 13.8. The number of aromatic hydroxyl groups is 1. The molecule has 0 fully saturated rings. The molecule has 25 heavy (non-hydrogen) atoms. The summed E-state index contributed by atoms with van der Waals surface area (Å²) in [6.45, 7) is 3.59. The first kappa shape index (κ1) is 20.1. The van der Waals surface area contributed by atoms with Gasteiger partial charge in [0.05, 0.1) is 10.0 Å². The van der Waals surface area contributed by atoms with Gasteiger partial charge in [0.2, 0.25) is 11.5 Å². The maximum Gasteiger partial charge on any atom is 0.406 e. The lowest BCUT2D eigenvalue weighted by atomic mass is 10.4. The number of nitro groups is 2. The van der Waals surface area contributed by atoms with Gasteiger partial charge in [-0.1, -0.05) is 35.9 Å². The summed E-state index contributed by atoms with van der Waals surface area (Å²) < 4.78 is 5.02. The number of pyridine rings is 2. The Morgan fingerprint density at radius 3 is 2.12 bits per heavy atom. The lowest BCUT2D eigenvalue weighted by Crippen LogP contribution is -1.99. The average Bonchev–Trinajstić information content (AvgIpc) is 2.52. The van der Waals surface area contributed by atoms with Crippen molar-refractivity contribution >= 4 is 34.8 Å². The van der Waals surface area contributed by atoms with Crippen molar-refractivity contribution in [2.45, 2.75) is 0 Å². The second-order valence-electron chi connectivity index (χ2n) is 4.09. The van der Waals surface area contributed by atoms with E-state index in [0.717, 1.165) is 12.3 Å². The topological polar surface area (TPSA) is 142 Å². The maximum atomic E-state index is 10.5. The molecule has 2 aromatic rings. The molecule has 0 unspecified atom stereocenters. The van der Waals surface area contributed by atoms with Gasteiger partial charge in [0, 0.05) is 12.1 Å². The Labute approximate surface area is 150 Å². The van der Waals surface area contributed by atoms with Gasteiger partial charge in [-0.3, -0.25) is 0 Å². The van der Waals surface area contributed by atoms with Crippen LogP contribution in [0.15, 0.2) is 37.2 Å². The Morgan fingerprint density at radius 1 is 1.12 bits per heavy atom. The second-order valence-corrected chi connectivity index (χ2v) is 4.96. The van der Waals surface area contributed by atoms with Crippen LogP contribution in [0.4, 0.5) is 11.6 Å². The van der Waals surface area contributed by atoms with Crippen molar-refractivity contribution < 1.29 is 19.7 Å². The molecule has 0 aromatic carbocycles. The smallest absolute Gasteiger partial charge is 0.406 e. The predicted octanol–water partition coefficient (Wildman–Crippen LogP) is 3.56. The zero-order chi connectivity index (χ0) is 19.0. The molecule has 0 bridgehead atoms. The summed E-state index contributed by atoms with van der Waals surface area (Å²) in [6.07, 6.45) is 3.77. The normalized spacial score (nSPS) is 9.52. The number of nitrogens with zero attached hydrogens (tertiary/aromatic N) is 4. The van der Waals surface area contributed by atoms with Crippen molar-refractivity contribution in [2.24, 2.45) is 0 Å². The van der Waals surface area contributed by atoms with Crippen LogP contribution in [-0.4, -0.2) is 31.5 Å². The van der Waals surface area contributed by atoms with E-state index in [0.29, 0.717) is 0 Å². The van der Waals surface area contributed by atoms with E-state index in [1.807, 2.05) is 0 Å². The van der Waals surface area contributed by atoms with Crippen LogP contribution in [0.1, 0.15) is 0 Å². The summed E-state index contributed by atoms with van der Waals surface area (Å²) in [4.78, 5) is 26.0. The van der Waals surface area contributed by atoms with Gasteiger partial charge >= 0.3 is 11.6 Å². The van der Waals surface area contributed by atoms with Crippen molar-refractivity contribution in [2.75, 3.05) is 6.61 Å². The highest BCUT2D eigenvalue weighted by molar-refractivity contribution is 6.30. The maximum absolute atomic E-state index is 10.5. The molecule has 0 radical (unpaired) electrons. The van der Waals surface area contributed by atoms with E-state index >= 15 is 0 Å². The third-order valence-electron chi connectivity index (χ3n) is 2.32. The lowest BCUT2D eigenvalue weighted by molar-refractivity contribution is -0.390. The van der Waals surface area contributed by atoms with E-state index in [-0.39, 0.29) is 28.2 Å². The Hall–Kier alpha value is -2.98. The highest BCUT2D eigenvalue weighted by atomic mass is 35.5. The number of hydrogen-bond acceptors (Lipinski definition) is 8. The molecule has 0 aliphatic carbocycles. The first-order valence-electron chi connectivity index (χ1n) is 6.28. The van der Waals surface area contributed by atoms with E-state index in [9.17, 15) is 20.2 Å². The molecule has 1 N–H and O–H groups in total. The molecule has 2 rings (SSSR count). The quantitative estimate of drug-likeness (QED) is 0.465. The van der Waals surface area contributed by atoms with Crippen molar-refractivity contribution in [3.63, 3.8) is 0 Å². The Balaban J connectivity index is 0.000000257. The molecule has 2 aromatic heterocycles. The summed E-state index contributed by atoms with van der Waals surface area (Å²) in [6, 6.07) is 2.41. The van der Waals surface area contributed by atoms with Gasteiger partial charge < -0.3 is 30.1 Å². The van der Waals surface area contributed by atoms with Crippen LogP contribution in [0.25, 0.3) is 0 Å². The minimum atomic E-state index is -0.786. The second kappa shape index (κ2) is 9.35. The highest BCUT2D eigenvalue weighted by Gasteiger charge is 2.17. The average molecular weight is 389 g/mol. The van der Waals surface area contributed by atoms with E-state index in [2.05, 4.69) is 16.5 Å². The first-order valence-corrected chi connectivity index (χ1v) is 7.04. The molecular weight excluding hydrogens is 379 g/mol. The molecule has 132 valence electrons. The van der Waals surface area contributed by atoms with Crippen LogP contribution in [0.3, 0.4) is 0 Å². The molecule has 0 spiro atoms. The standard InChI is InChI=1S/C8H7ClN2O3.C5H3ClN2O3/c1-2-3-14-7-4-6(9)5-10-8(7)11(12)13;6-3-1-4(9)5(7-2-3)8(10)11/h2,4-5H,1,3H2;1-2,9H. The summed E-state index contributed by atoms with van der Waals surface area (Å²) in [5.74, 6) is -1.42. The van der Waals surface area contributed by atoms with Crippen LogP contribution in [0, 0.1) is 20.2 Å². The molecular formula is C13H10Cl2N4O6. The molecule has 0 aliphatic rings. The predicted molar refractivity (Wildman–Crippen MR) is 89.2 cm³/mol. The molecule has 2 heterocycles. The fourth-order valence-electron chi connectivity index (χ4n) is 1.37. The van der Waals surface area contributed by atoms with Crippen LogP contribution in [0.5, 0.6) is 11.5 Å². The molecule has 0 atom stereocenters. The molecule has 0 saturated heterocycles. The van der Waals surface area contributed by atoms with Crippen LogP contribution in [-0.2, 0) is 0 Å². The summed E-state index contributed by atoms with van der Waals surface area (Å²) in [7, 11) is 0. The van der Waals surface area contributed by atoms with E-state index in [1.54, 1.807) is 0 Å². The van der Waals surface area contributed by atoms with Gasteiger partial charge in [-0.05, 0) is 19.8 Å². The Kier molecular flexibility index (Phi) is 7.50. The van der Waals surface area contributed by atoms with Crippen molar-refractivity contribution in [1.29, 1.82) is 0 Å².